The van der Waals surface area contributed by atoms with Crippen LogP contribution < -0.4 is 0 Å². The van der Waals surface area contributed by atoms with Crippen molar-refractivity contribution < 1.29 is 24.2 Å². The second kappa shape index (κ2) is 19.0. The van der Waals surface area contributed by atoms with Gasteiger partial charge in [-0.2, -0.15) is 12.2 Å². The van der Waals surface area contributed by atoms with Crippen LogP contribution in [0.5, 0.6) is 0 Å². The van der Waals surface area contributed by atoms with Crippen LogP contribution in [0.2, 0.25) is 0 Å². The van der Waals surface area contributed by atoms with E-state index in [1.807, 2.05) is 24.3 Å². The molecule has 76 valence electrons. The van der Waals surface area contributed by atoms with Gasteiger partial charge in [-0.15, -0.1) is 37.7 Å². The molecule has 0 fully saturated rings. The Morgan fingerprint density at radius 1 is 0.857 bits per heavy atom. The Morgan fingerprint density at radius 3 is 1.29 bits per heavy atom. The molecule has 0 saturated carbocycles. The van der Waals surface area contributed by atoms with E-state index in [9.17, 15) is 0 Å². The Bertz CT molecular complexity index is 163. The molecule has 3 heteroatoms. The molecule has 14 heavy (non-hydrogen) atoms. The monoisotopic (exact) mass is 306 g/mol. The first-order chi connectivity index (χ1) is 6.00. The fourth-order valence-corrected chi connectivity index (χ4v) is 0.680. The van der Waals surface area contributed by atoms with E-state index in [0.29, 0.717) is 0 Å². The summed E-state index contributed by atoms with van der Waals surface area (Å²) >= 11 is 1.30. The molecule has 0 N–H and O–H groups in total. The van der Waals surface area contributed by atoms with E-state index in [-0.39, 0.29) is 24.8 Å². The molecule has 0 saturated heterocycles. The zero-order chi connectivity index (χ0) is 9.07. The summed E-state index contributed by atoms with van der Waals surface area (Å²) in [6.45, 7) is 0. The number of hydrogen-bond acceptors (Lipinski definition) is 0. The summed E-state index contributed by atoms with van der Waals surface area (Å²) in [5, 5.41) is 0. The Balaban J connectivity index is -0.000000131. The van der Waals surface area contributed by atoms with Crippen LogP contribution in [0.1, 0.15) is 12.8 Å². The molecule has 0 nitrogen and oxygen atoms in total. The number of allylic oxidation sites excluding steroid dienone is 8. The summed E-state index contributed by atoms with van der Waals surface area (Å²) in [6, 6.07) is 0. The predicted molar refractivity (Wildman–Crippen MR) is 64.8 cm³/mol. The zero-order valence-corrected chi connectivity index (χ0v) is 12.0. The predicted octanol–water partition coefficient (Wildman–Crippen LogP) is 3.42. The molecule has 0 unspecified atom stereocenters. The van der Waals surface area contributed by atoms with Gasteiger partial charge in [0.1, 0.15) is 0 Å². The summed E-state index contributed by atoms with van der Waals surface area (Å²) in [5.74, 6) is 0. The van der Waals surface area contributed by atoms with Gasteiger partial charge < -0.3 is 0 Å². The van der Waals surface area contributed by atoms with Crippen LogP contribution >= 0.6 is 24.8 Å². The van der Waals surface area contributed by atoms with Gasteiger partial charge >= 0.3 is 28.4 Å². The van der Waals surface area contributed by atoms with Crippen molar-refractivity contribution >= 4 is 29.0 Å². The second-order valence-corrected chi connectivity index (χ2v) is 2.01. The standard InChI is InChI=1S/2C5H5.CH2.2ClH.Zr/c2*1-2-4-5-3-1;;;;/h2*1-3H,4H2;1H2;2*1H;/q2*-1;;;;+2. The third kappa shape index (κ3) is 14.8. The molecule has 0 aromatic rings. The normalized spacial score (nSPS) is 13.0. The third-order valence-electron chi connectivity index (χ3n) is 1.17. The van der Waals surface area contributed by atoms with Crippen LogP contribution in [0.3, 0.4) is 0 Å². The maximum absolute atomic E-state index is 3.34. The van der Waals surface area contributed by atoms with Gasteiger partial charge in [-0.25, -0.2) is 24.3 Å². The van der Waals surface area contributed by atoms with E-state index in [1.165, 1.54) is 24.2 Å². The molecule has 2 rings (SSSR count). The first-order valence-corrected chi connectivity index (χ1v) is 5.53. The van der Waals surface area contributed by atoms with Crippen molar-refractivity contribution in [3.63, 3.8) is 0 Å². The first-order valence-electron chi connectivity index (χ1n) is 3.79. The molecule has 2 aliphatic rings. The fourth-order valence-electron chi connectivity index (χ4n) is 0.680. The maximum atomic E-state index is 3.34. The van der Waals surface area contributed by atoms with Crippen molar-refractivity contribution in [2.75, 3.05) is 0 Å². The number of halogens is 2. The fraction of sp³-hybridized carbons (Fsp3) is 0.182. The molecule has 0 aromatic carbocycles. The van der Waals surface area contributed by atoms with E-state index >= 15 is 0 Å². The molecule has 0 aromatic heterocycles. The average Bonchev–Trinajstić information content (AvgIpc) is 2.87. The minimum absolute atomic E-state index is 0. The first kappa shape index (κ1) is 19.8. The molecule has 0 atom stereocenters. The van der Waals surface area contributed by atoms with Crippen molar-refractivity contribution in [3.05, 3.63) is 48.6 Å². The van der Waals surface area contributed by atoms with E-state index < -0.39 is 0 Å². The summed E-state index contributed by atoms with van der Waals surface area (Å²) in [6.07, 6.45) is 20.0. The number of rotatable bonds is 0. The molecule has 0 heterocycles. The van der Waals surface area contributed by atoms with E-state index in [4.69, 9.17) is 0 Å². The van der Waals surface area contributed by atoms with E-state index in [2.05, 4.69) is 28.5 Å². The van der Waals surface area contributed by atoms with Crippen molar-refractivity contribution in [2.24, 2.45) is 0 Å². The third-order valence-corrected chi connectivity index (χ3v) is 1.17. The van der Waals surface area contributed by atoms with Gasteiger partial charge in [0.2, 0.25) is 0 Å². The van der Waals surface area contributed by atoms with Gasteiger partial charge in [0.05, 0.1) is 0 Å². The Morgan fingerprint density at radius 2 is 1.21 bits per heavy atom. The van der Waals surface area contributed by atoms with Gasteiger partial charge in [-0.05, 0) is 0 Å². The number of hydrogen-bond donors (Lipinski definition) is 0. The average molecular weight is 308 g/mol. The quantitative estimate of drug-likeness (QED) is 0.602. The minimum atomic E-state index is 0. The molecule has 0 radical (unpaired) electrons. The van der Waals surface area contributed by atoms with Crippen LogP contribution in [-0.2, 0) is 24.2 Å². The van der Waals surface area contributed by atoms with Crippen molar-refractivity contribution in [3.8, 4) is 0 Å². The topological polar surface area (TPSA) is 0 Å². The Kier molecular flexibility index (Phi) is 26.8. The Labute approximate surface area is 114 Å². The molecule has 2 aliphatic carbocycles. The van der Waals surface area contributed by atoms with Gasteiger partial charge in [0.25, 0.3) is 0 Å². The van der Waals surface area contributed by atoms with Crippen LogP contribution in [-0.4, -0.2) is 4.21 Å². The molecular formula is C11H14Cl2Zr. The Hall–Kier alpha value is 0.293. The van der Waals surface area contributed by atoms with Crippen molar-refractivity contribution in [2.45, 2.75) is 12.8 Å². The van der Waals surface area contributed by atoms with E-state index in [0.717, 1.165) is 12.8 Å². The second-order valence-electron chi connectivity index (χ2n) is 2.01. The van der Waals surface area contributed by atoms with Gasteiger partial charge in [-0.1, -0.05) is 0 Å². The summed E-state index contributed by atoms with van der Waals surface area (Å²) in [5.41, 5.74) is 0. The molecule has 0 spiro atoms. The summed E-state index contributed by atoms with van der Waals surface area (Å²) in [7, 11) is 0. The van der Waals surface area contributed by atoms with Gasteiger partial charge in [0, 0.05) is 0 Å². The molecule has 0 amide bonds. The SMILES string of the molecule is Cl.Cl.[C-]1=CC=CC1.[C-]1=CC=CC1.[CH2]=[Zr+2]. The van der Waals surface area contributed by atoms with Crippen LogP contribution in [0.25, 0.3) is 0 Å². The zero-order valence-electron chi connectivity index (χ0n) is 7.90. The van der Waals surface area contributed by atoms with Gasteiger partial charge in [-0.3, -0.25) is 12.2 Å². The summed E-state index contributed by atoms with van der Waals surface area (Å²) in [4.78, 5) is 0. The molecule has 0 aliphatic heterocycles. The molecular weight excluding hydrogens is 294 g/mol. The molecule has 0 bridgehead atoms. The van der Waals surface area contributed by atoms with Crippen molar-refractivity contribution in [1.82, 2.24) is 0 Å². The van der Waals surface area contributed by atoms with E-state index in [1.54, 1.807) is 0 Å². The van der Waals surface area contributed by atoms with Crippen LogP contribution in [0.15, 0.2) is 36.5 Å². The van der Waals surface area contributed by atoms with Crippen LogP contribution in [0.4, 0.5) is 0 Å². The van der Waals surface area contributed by atoms with Gasteiger partial charge in [0.15, 0.2) is 0 Å². The van der Waals surface area contributed by atoms with Crippen molar-refractivity contribution in [1.29, 1.82) is 0 Å². The summed E-state index contributed by atoms with van der Waals surface area (Å²) < 4.78 is 3.34. The van der Waals surface area contributed by atoms with Crippen LogP contribution in [0, 0.1) is 12.2 Å².